The maximum atomic E-state index is 12.4. The van der Waals surface area contributed by atoms with Crippen LogP contribution in [0.4, 0.5) is 5.69 Å². The van der Waals surface area contributed by atoms with E-state index in [1.807, 2.05) is 73.3 Å². The van der Waals surface area contributed by atoms with E-state index in [2.05, 4.69) is 35.9 Å². The zero-order chi connectivity index (χ0) is 34.0. The molecule has 2 aliphatic rings. The Hall–Kier alpha value is -4.15. The predicted molar refractivity (Wildman–Crippen MR) is 194 cm³/mol. The molecule has 246 valence electrons. The molecule has 5 rings (SSSR count). The average Bonchev–Trinajstić information content (AvgIpc) is 3.21. The van der Waals surface area contributed by atoms with E-state index in [0.29, 0.717) is 37.0 Å². The summed E-state index contributed by atoms with van der Waals surface area (Å²) in [5.41, 5.74) is 3.97. The second-order valence-electron chi connectivity index (χ2n) is 11.2. The van der Waals surface area contributed by atoms with Crippen LogP contribution in [-0.4, -0.2) is 98.1 Å². The summed E-state index contributed by atoms with van der Waals surface area (Å²) in [6, 6.07) is 21.0. The summed E-state index contributed by atoms with van der Waals surface area (Å²) in [4.78, 5) is 34.1. The number of aliphatic imine (C=N–C) groups is 1. The number of benzene rings is 3. The van der Waals surface area contributed by atoms with Gasteiger partial charge in [-0.05, 0) is 85.2 Å². The number of ether oxygens (including phenoxy) is 1. The Balaban J connectivity index is 0.000000241. The number of methoxy groups -OCH3 is 1. The minimum absolute atomic E-state index is 0.0611. The van der Waals surface area contributed by atoms with Gasteiger partial charge >= 0.3 is 0 Å². The van der Waals surface area contributed by atoms with E-state index in [0.717, 1.165) is 34.5 Å². The molecule has 0 aliphatic carbocycles. The molecule has 11 heteroatoms. The van der Waals surface area contributed by atoms with E-state index >= 15 is 0 Å². The van der Waals surface area contributed by atoms with Crippen molar-refractivity contribution in [3.63, 3.8) is 0 Å². The van der Waals surface area contributed by atoms with Crippen molar-refractivity contribution in [1.82, 2.24) is 9.80 Å². The highest BCUT2D eigenvalue weighted by molar-refractivity contribution is 8.32. The molecule has 1 saturated heterocycles. The first-order valence-electron chi connectivity index (χ1n) is 15.1. The Kier molecular flexibility index (Phi) is 13.0. The molecule has 0 radical (unpaired) electrons. The molecule has 0 unspecified atom stereocenters. The van der Waals surface area contributed by atoms with Crippen molar-refractivity contribution in [2.45, 2.75) is 25.7 Å². The average molecular weight is 665 g/mol. The van der Waals surface area contributed by atoms with Gasteiger partial charge in [0.25, 0.3) is 5.91 Å². The summed E-state index contributed by atoms with van der Waals surface area (Å²) in [6.45, 7) is 8.34. The molecule has 2 heterocycles. The van der Waals surface area contributed by atoms with E-state index in [1.165, 1.54) is 4.90 Å². The van der Waals surface area contributed by atoms with Crippen molar-refractivity contribution < 1.29 is 14.3 Å². The van der Waals surface area contributed by atoms with Crippen LogP contribution in [-0.2, 0) is 4.79 Å². The Morgan fingerprint density at radius 3 is 2.09 bits per heavy atom. The van der Waals surface area contributed by atoms with Crippen LogP contribution in [0.2, 0.25) is 5.02 Å². The van der Waals surface area contributed by atoms with E-state index in [-0.39, 0.29) is 24.1 Å². The molecule has 46 heavy (non-hydrogen) atoms. The lowest BCUT2D eigenvalue weighted by Gasteiger charge is -2.32. The van der Waals surface area contributed by atoms with Gasteiger partial charge in [-0.25, -0.2) is 10.0 Å². The fourth-order valence-corrected chi connectivity index (χ4v) is 6.02. The Bertz CT molecular complexity index is 1560. The highest BCUT2D eigenvalue weighted by Gasteiger charge is 2.25. The third kappa shape index (κ3) is 8.98. The maximum Gasteiger partial charge on any atom is 0.253 e. The van der Waals surface area contributed by atoms with Crippen LogP contribution in [0, 0.1) is 10.8 Å². The van der Waals surface area contributed by atoms with Crippen molar-refractivity contribution in [3.8, 4) is 5.75 Å². The molecule has 1 fully saturated rings. The number of halogens is 1. The Labute approximate surface area is 279 Å². The Morgan fingerprint density at radius 2 is 1.57 bits per heavy atom. The van der Waals surface area contributed by atoms with Gasteiger partial charge in [-0.1, -0.05) is 37.6 Å². The van der Waals surface area contributed by atoms with Crippen molar-refractivity contribution in [3.05, 3.63) is 88.4 Å². The van der Waals surface area contributed by atoms with Crippen LogP contribution in [0.3, 0.4) is 0 Å². The van der Waals surface area contributed by atoms with Crippen molar-refractivity contribution in [1.29, 1.82) is 10.8 Å². The standard InChI is InChI=1S/C18H17ClN4O.C15H22N2O2S.C2H6/c1-11(20)23-16-8-7-14(24-2)9-15(16)18(22-10-17(23)21)12-3-5-13(19)6-4-12;1-20(2,3)14-6-4-13(5-7-14)15(19)17-10-8-16(12-18)9-11-17;1-2/h3-9,20-21H,10H2,1-2H3;4-7,12H,8-11H2,1-3H3;1-2H3. The highest BCUT2D eigenvalue weighted by Crippen LogP contribution is 2.44. The summed E-state index contributed by atoms with van der Waals surface area (Å²) in [7, 11) is 0.859. The number of amides is 2. The summed E-state index contributed by atoms with van der Waals surface area (Å²) >= 11 is 5.99. The molecule has 2 N–H and O–H groups in total. The van der Waals surface area contributed by atoms with Gasteiger partial charge in [0.2, 0.25) is 6.41 Å². The molecule has 2 amide bonds. The lowest BCUT2D eigenvalue weighted by atomic mass is 9.99. The molecule has 0 bridgehead atoms. The smallest absolute Gasteiger partial charge is 0.253 e. The number of carbonyl (C=O) groups excluding carboxylic acids is 2. The zero-order valence-corrected chi connectivity index (χ0v) is 29.3. The molecule has 0 atom stereocenters. The number of nitrogens with zero attached hydrogens (tertiary/aromatic N) is 4. The van der Waals surface area contributed by atoms with Crippen LogP contribution in [0.25, 0.3) is 0 Å². The molecule has 0 spiro atoms. The van der Waals surface area contributed by atoms with Gasteiger partial charge in [0, 0.05) is 47.9 Å². The lowest BCUT2D eigenvalue weighted by molar-refractivity contribution is -0.119. The third-order valence-corrected chi connectivity index (χ3v) is 9.31. The number of rotatable bonds is 5. The molecule has 3 aromatic carbocycles. The van der Waals surface area contributed by atoms with Crippen molar-refractivity contribution in [2.24, 2.45) is 4.99 Å². The van der Waals surface area contributed by atoms with Crippen LogP contribution >= 0.6 is 21.6 Å². The first-order valence-corrected chi connectivity index (χ1v) is 18.3. The van der Waals surface area contributed by atoms with Gasteiger partial charge in [0.1, 0.15) is 17.4 Å². The summed E-state index contributed by atoms with van der Waals surface area (Å²) in [5.74, 6) is 1.30. The second kappa shape index (κ2) is 16.4. The predicted octanol–water partition coefficient (Wildman–Crippen LogP) is 6.66. The van der Waals surface area contributed by atoms with E-state index in [4.69, 9.17) is 27.2 Å². The third-order valence-electron chi connectivity index (χ3n) is 7.37. The number of piperazine rings is 1. The van der Waals surface area contributed by atoms with Gasteiger partial charge in [0.15, 0.2) is 0 Å². The minimum Gasteiger partial charge on any atom is -0.497 e. The number of hydrogen-bond donors (Lipinski definition) is 2. The van der Waals surface area contributed by atoms with E-state index in [1.54, 1.807) is 23.8 Å². The van der Waals surface area contributed by atoms with Gasteiger partial charge in [-0.3, -0.25) is 30.3 Å². The second-order valence-corrected chi connectivity index (χ2v) is 15.8. The minimum atomic E-state index is -0.751. The van der Waals surface area contributed by atoms with Gasteiger partial charge in [0.05, 0.1) is 25.1 Å². The number of carbonyl (C=O) groups is 2. The largest absolute Gasteiger partial charge is 0.497 e. The molecular weight excluding hydrogens is 620 g/mol. The molecule has 0 aromatic heterocycles. The normalized spacial score (nSPS) is 14.7. The first-order chi connectivity index (χ1) is 21.9. The number of anilines is 1. The quantitative estimate of drug-likeness (QED) is 0.180. The summed E-state index contributed by atoms with van der Waals surface area (Å²) in [5, 5.41) is 16.9. The zero-order valence-electron chi connectivity index (χ0n) is 27.8. The number of fused-ring (bicyclic) bond motifs is 1. The SMILES string of the molecule is CC.COc1ccc2c(c1)C(c1ccc(Cl)cc1)=NCC(=N)N2C(C)=N.CS(C)(C)c1ccc(C(=O)N2CCN(C=O)CC2)cc1. The number of amidine groups is 2. The van der Waals surface area contributed by atoms with Gasteiger partial charge in [-0.2, -0.15) is 0 Å². The number of benzodiazepines with no additional fused rings is 1. The summed E-state index contributed by atoms with van der Waals surface area (Å²) < 4.78 is 5.34. The molecule has 2 aliphatic heterocycles. The first kappa shape index (κ1) is 36.3. The van der Waals surface area contributed by atoms with Crippen LogP contribution in [0.5, 0.6) is 5.75 Å². The maximum absolute atomic E-state index is 12.4. The van der Waals surface area contributed by atoms with Crippen LogP contribution < -0.4 is 9.64 Å². The molecular formula is C35H45ClN6O3S. The van der Waals surface area contributed by atoms with Crippen LogP contribution in [0.15, 0.2) is 76.6 Å². The lowest BCUT2D eigenvalue weighted by Crippen LogP contribution is -2.48. The van der Waals surface area contributed by atoms with Gasteiger partial charge in [-0.15, -0.1) is 0 Å². The van der Waals surface area contributed by atoms with Crippen LogP contribution in [0.1, 0.15) is 42.3 Å². The Morgan fingerprint density at radius 1 is 0.957 bits per heavy atom. The fourth-order valence-electron chi connectivity index (χ4n) is 4.94. The number of nitrogens with one attached hydrogen (secondary N) is 2. The monoisotopic (exact) mass is 664 g/mol. The summed E-state index contributed by atoms with van der Waals surface area (Å²) in [6.07, 6.45) is 7.57. The highest BCUT2D eigenvalue weighted by atomic mass is 35.5. The van der Waals surface area contributed by atoms with E-state index in [9.17, 15) is 9.59 Å². The molecule has 9 nitrogen and oxygen atoms in total. The van der Waals surface area contributed by atoms with Gasteiger partial charge < -0.3 is 14.5 Å². The molecule has 0 saturated carbocycles. The topological polar surface area (TPSA) is 113 Å². The van der Waals surface area contributed by atoms with Crippen molar-refractivity contribution in [2.75, 3.05) is 63.5 Å². The fraction of sp³-hybridized carbons (Fsp3) is 0.343. The van der Waals surface area contributed by atoms with Crippen molar-refractivity contribution >= 4 is 57.0 Å². The number of hydrogen-bond acceptors (Lipinski definition) is 6. The van der Waals surface area contributed by atoms with E-state index < -0.39 is 10.0 Å². The molecule has 3 aromatic rings.